The second-order valence-electron chi connectivity index (χ2n) is 6.67. The van der Waals surface area contributed by atoms with Gasteiger partial charge in [-0.05, 0) is 0 Å². The first-order chi connectivity index (χ1) is 12.8. The van der Waals surface area contributed by atoms with E-state index in [1.165, 1.54) is 51.5 Å². The van der Waals surface area contributed by atoms with Crippen LogP contribution >= 0.6 is 0 Å². The maximum absolute atomic E-state index is 5.10. The van der Waals surface area contributed by atoms with E-state index in [2.05, 4.69) is 79.2 Å². The van der Waals surface area contributed by atoms with Crippen LogP contribution in [0.25, 0.3) is 16.9 Å². The molecule has 2 aromatic carbocycles. The Kier molecular flexibility index (Phi) is 7.14. The fourth-order valence-electron chi connectivity index (χ4n) is 3.29. The molecule has 0 aliphatic rings. The molecule has 1 atom stereocenters. The van der Waals surface area contributed by atoms with E-state index in [1.54, 1.807) is 0 Å². The molecule has 0 saturated carbocycles. The number of rotatable bonds is 9. The zero-order valence-electron chi connectivity index (χ0n) is 15.9. The second kappa shape index (κ2) is 9.78. The molecule has 0 saturated heterocycles. The molecule has 0 radical (unpaired) electrons. The van der Waals surface area contributed by atoms with E-state index in [9.17, 15) is 0 Å². The van der Waals surface area contributed by atoms with Gasteiger partial charge in [-0.15, -0.1) is 0 Å². The number of hydrogen-bond donors (Lipinski definition) is 0. The molecule has 3 heteroatoms. The summed E-state index contributed by atoms with van der Waals surface area (Å²) < 4.78 is 2.20. The molecular formula is C23H29AsN2. The first-order valence-electron chi connectivity index (χ1n) is 9.77. The number of para-hydroxylation sites is 1. The Morgan fingerprint density at radius 3 is 2.23 bits per heavy atom. The van der Waals surface area contributed by atoms with Crippen LogP contribution in [-0.4, -0.2) is 25.5 Å². The van der Waals surface area contributed by atoms with E-state index >= 15 is 0 Å². The topological polar surface area (TPSA) is 17.8 Å². The van der Waals surface area contributed by atoms with E-state index in [-0.39, 0.29) is 15.8 Å². The van der Waals surface area contributed by atoms with Gasteiger partial charge in [-0.1, -0.05) is 0 Å². The molecule has 0 amide bonds. The Morgan fingerprint density at radius 2 is 1.58 bits per heavy atom. The van der Waals surface area contributed by atoms with Crippen molar-refractivity contribution in [3.05, 3.63) is 71.9 Å². The molecular weight excluding hydrogens is 379 g/mol. The summed E-state index contributed by atoms with van der Waals surface area (Å²) in [5.74, 6) is 0. The summed E-state index contributed by atoms with van der Waals surface area (Å²) in [5, 5.41) is 7.77. The standard InChI is InChI=1S/C23H29AsN2/c1-3-5-17-24-18-21-22(12-4-2)26(20-15-10-7-11-16-20)25-23(21)19-13-8-6-9-14-19/h6-11,13-16,24H,3-5,12,17-18H2,1-2H3. The third-order valence-electron chi connectivity index (χ3n) is 4.63. The van der Waals surface area contributed by atoms with Crippen molar-refractivity contribution >= 4 is 15.8 Å². The molecule has 3 aromatic rings. The van der Waals surface area contributed by atoms with Crippen LogP contribution in [0.3, 0.4) is 0 Å². The van der Waals surface area contributed by atoms with Crippen molar-refractivity contribution in [1.29, 1.82) is 0 Å². The van der Waals surface area contributed by atoms with E-state index in [0.29, 0.717) is 0 Å². The van der Waals surface area contributed by atoms with Crippen molar-refractivity contribution in [1.82, 2.24) is 9.78 Å². The minimum atomic E-state index is 0.0499. The Hall–Kier alpha value is -1.79. The Balaban J connectivity index is 2.06. The summed E-state index contributed by atoms with van der Waals surface area (Å²) in [6.45, 7) is 4.55. The van der Waals surface area contributed by atoms with Crippen LogP contribution in [0.15, 0.2) is 60.7 Å². The van der Waals surface area contributed by atoms with Crippen LogP contribution in [0, 0.1) is 0 Å². The van der Waals surface area contributed by atoms with Gasteiger partial charge in [0, 0.05) is 0 Å². The SMILES string of the molecule is CCCC[AsH]Cc1c(-c2ccccc2)nn(-c2ccccc2)c1CCC. The number of aromatic nitrogens is 2. The van der Waals surface area contributed by atoms with Crippen molar-refractivity contribution in [2.75, 3.05) is 0 Å². The molecule has 136 valence electrons. The second-order valence-corrected chi connectivity index (χ2v) is 9.51. The van der Waals surface area contributed by atoms with Crippen molar-refractivity contribution < 1.29 is 0 Å². The van der Waals surface area contributed by atoms with Crippen LogP contribution in [0.1, 0.15) is 44.4 Å². The summed E-state index contributed by atoms with van der Waals surface area (Å²) in [5.41, 5.74) is 6.53. The molecule has 26 heavy (non-hydrogen) atoms. The number of benzene rings is 2. The quantitative estimate of drug-likeness (QED) is 0.331. The zero-order valence-corrected chi connectivity index (χ0v) is 18.0. The molecule has 1 heterocycles. The first kappa shape index (κ1) is 19.0. The molecule has 1 unspecified atom stereocenters. The van der Waals surface area contributed by atoms with Gasteiger partial charge < -0.3 is 0 Å². The molecule has 3 rings (SSSR count). The van der Waals surface area contributed by atoms with Gasteiger partial charge in [-0.2, -0.15) is 0 Å². The molecule has 0 aliphatic carbocycles. The summed E-state index contributed by atoms with van der Waals surface area (Å²) in [6.07, 6.45) is 4.91. The maximum atomic E-state index is 5.10. The Bertz CT molecular complexity index is 794. The Labute approximate surface area is 164 Å². The van der Waals surface area contributed by atoms with Crippen LogP contribution in [0.5, 0.6) is 0 Å². The third kappa shape index (κ3) is 4.48. The van der Waals surface area contributed by atoms with Crippen LogP contribution in [0.2, 0.25) is 5.21 Å². The summed E-state index contributed by atoms with van der Waals surface area (Å²) in [6, 6.07) is 21.3. The Morgan fingerprint density at radius 1 is 0.885 bits per heavy atom. The van der Waals surface area contributed by atoms with Gasteiger partial charge in [0.05, 0.1) is 0 Å². The third-order valence-corrected chi connectivity index (χ3v) is 7.38. The van der Waals surface area contributed by atoms with E-state index in [1.807, 2.05) is 0 Å². The fraction of sp³-hybridized carbons (Fsp3) is 0.348. The van der Waals surface area contributed by atoms with Crippen molar-refractivity contribution in [3.63, 3.8) is 0 Å². The first-order valence-corrected chi connectivity index (χ1v) is 12.7. The molecule has 2 nitrogen and oxygen atoms in total. The zero-order chi connectivity index (χ0) is 18.2. The predicted octanol–water partition coefficient (Wildman–Crippen LogP) is 5.65. The van der Waals surface area contributed by atoms with E-state index < -0.39 is 0 Å². The predicted molar refractivity (Wildman–Crippen MR) is 114 cm³/mol. The molecule has 0 N–H and O–H groups in total. The van der Waals surface area contributed by atoms with Gasteiger partial charge >= 0.3 is 164 Å². The minimum absolute atomic E-state index is 0.0499. The average molecular weight is 408 g/mol. The van der Waals surface area contributed by atoms with Crippen molar-refractivity contribution in [3.8, 4) is 16.9 Å². The van der Waals surface area contributed by atoms with Crippen LogP contribution < -0.4 is 0 Å². The van der Waals surface area contributed by atoms with Gasteiger partial charge in [0.2, 0.25) is 0 Å². The number of unbranched alkanes of at least 4 members (excludes halogenated alkanes) is 1. The van der Waals surface area contributed by atoms with Gasteiger partial charge in [0.15, 0.2) is 0 Å². The van der Waals surface area contributed by atoms with Crippen LogP contribution in [0.4, 0.5) is 0 Å². The summed E-state index contributed by atoms with van der Waals surface area (Å²) in [4.78, 5) is 0. The average Bonchev–Trinajstić information content (AvgIpc) is 3.05. The molecule has 0 bridgehead atoms. The van der Waals surface area contributed by atoms with Gasteiger partial charge in [0.25, 0.3) is 0 Å². The normalized spacial score (nSPS) is 11.5. The van der Waals surface area contributed by atoms with E-state index in [0.717, 1.165) is 12.8 Å². The summed E-state index contributed by atoms with van der Waals surface area (Å²) in [7, 11) is 0. The van der Waals surface area contributed by atoms with Gasteiger partial charge in [-0.25, -0.2) is 0 Å². The molecule has 0 fully saturated rings. The number of nitrogens with zero attached hydrogens (tertiary/aromatic N) is 2. The van der Waals surface area contributed by atoms with Gasteiger partial charge in [-0.3, -0.25) is 0 Å². The van der Waals surface area contributed by atoms with E-state index in [4.69, 9.17) is 5.10 Å². The van der Waals surface area contributed by atoms with Crippen LogP contribution in [-0.2, 0) is 11.6 Å². The molecule has 0 spiro atoms. The monoisotopic (exact) mass is 408 g/mol. The van der Waals surface area contributed by atoms with Crippen molar-refractivity contribution in [2.45, 2.75) is 49.9 Å². The fourth-order valence-corrected chi connectivity index (χ4v) is 6.23. The van der Waals surface area contributed by atoms with Gasteiger partial charge in [0.1, 0.15) is 0 Å². The number of hydrogen-bond acceptors (Lipinski definition) is 1. The molecule has 1 aromatic heterocycles. The summed E-state index contributed by atoms with van der Waals surface area (Å²) >= 11 is 0.0499. The molecule has 0 aliphatic heterocycles. The van der Waals surface area contributed by atoms with Crippen molar-refractivity contribution in [2.24, 2.45) is 0 Å².